The third kappa shape index (κ3) is 0.990. The summed E-state index contributed by atoms with van der Waals surface area (Å²) in [7, 11) is 0. The van der Waals surface area contributed by atoms with E-state index < -0.39 is 0 Å². The fraction of sp³-hybridized carbons (Fsp3) is 0.286. The lowest BCUT2D eigenvalue weighted by molar-refractivity contribution is 0.129. The van der Waals surface area contributed by atoms with Crippen LogP contribution in [0.1, 0.15) is 6.92 Å². The molecule has 0 bridgehead atoms. The average Bonchev–Trinajstić information content (AvgIpc) is 2.50. The summed E-state index contributed by atoms with van der Waals surface area (Å²) in [6.45, 7) is 2.50. The van der Waals surface area contributed by atoms with E-state index in [2.05, 4.69) is 15.0 Å². The molecular weight excluding hydrogens is 156 g/mol. The van der Waals surface area contributed by atoms with Gasteiger partial charge in [0, 0.05) is 0 Å². The smallest absolute Gasteiger partial charge is 0.198 e. The molecule has 2 heterocycles. The van der Waals surface area contributed by atoms with Crippen molar-refractivity contribution in [1.29, 1.82) is 0 Å². The van der Waals surface area contributed by atoms with E-state index in [1.165, 1.54) is 11.1 Å². The van der Waals surface area contributed by atoms with Crippen LogP contribution >= 0.6 is 0 Å². The number of nitrogens with zero attached hydrogens (tertiary/aromatic N) is 4. The molecule has 0 aromatic carbocycles. The van der Waals surface area contributed by atoms with Crippen LogP contribution in [0.5, 0.6) is 0 Å². The van der Waals surface area contributed by atoms with Crippen molar-refractivity contribution in [3.63, 3.8) is 0 Å². The monoisotopic (exact) mass is 164 g/mol. The molecule has 2 rings (SSSR count). The molecule has 0 amide bonds. The van der Waals surface area contributed by atoms with Crippen molar-refractivity contribution < 1.29 is 4.84 Å². The molecule has 2 aromatic heterocycles. The third-order valence-corrected chi connectivity index (χ3v) is 1.45. The second kappa shape index (κ2) is 2.77. The molecule has 0 aliphatic rings. The molecule has 2 aromatic rings. The Kier molecular flexibility index (Phi) is 1.62. The molecule has 0 unspecified atom stereocenters. The lowest BCUT2D eigenvalue weighted by Crippen LogP contribution is -2.09. The minimum atomic E-state index is 0.593. The van der Waals surface area contributed by atoms with Crippen LogP contribution in [0.2, 0.25) is 0 Å². The molecule has 5 nitrogen and oxygen atoms in total. The Balaban J connectivity index is 2.55. The quantitative estimate of drug-likeness (QED) is 0.639. The van der Waals surface area contributed by atoms with E-state index in [1.807, 2.05) is 6.92 Å². The van der Waals surface area contributed by atoms with Crippen LogP contribution in [-0.2, 0) is 0 Å². The SMILES string of the molecule is CCOn1cnc2cncnc21. The number of aromatic nitrogens is 4. The normalized spacial score (nSPS) is 10.4. The maximum Gasteiger partial charge on any atom is 0.198 e. The highest BCUT2D eigenvalue weighted by Gasteiger charge is 2.01. The summed E-state index contributed by atoms with van der Waals surface area (Å²) in [6.07, 6.45) is 4.71. The Morgan fingerprint density at radius 3 is 3.25 bits per heavy atom. The fourth-order valence-electron chi connectivity index (χ4n) is 0.980. The second-order valence-electron chi connectivity index (χ2n) is 2.22. The van der Waals surface area contributed by atoms with Crippen molar-refractivity contribution in [3.05, 3.63) is 18.9 Å². The lowest BCUT2D eigenvalue weighted by atomic mass is 10.6. The van der Waals surface area contributed by atoms with Gasteiger partial charge >= 0.3 is 0 Å². The van der Waals surface area contributed by atoms with Crippen LogP contribution in [-0.4, -0.2) is 26.3 Å². The predicted molar refractivity (Wildman–Crippen MR) is 42.4 cm³/mol. The van der Waals surface area contributed by atoms with Gasteiger partial charge in [-0.1, -0.05) is 0 Å². The van der Waals surface area contributed by atoms with E-state index in [0.717, 1.165) is 5.52 Å². The summed E-state index contributed by atoms with van der Waals surface area (Å²) in [5.41, 5.74) is 1.44. The second-order valence-corrected chi connectivity index (χ2v) is 2.22. The predicted octanol–water partition coefficient (Wildman–Crippen LogP) is 0.275. The summed E-state index contributed by atoms with van der Waals surface area (Å²) in [5, 5.41) is 0. The molecule has 0 N–H and O–H groups in total. The first-order valence-corrected chi connectivity index (χ1v) is 3.68. The zero-order valence-electron chi connectivity index (χ0n) is 6.64. The maximum absolute atomic E-state index is 5.22. The summed E-state index contributed by atoms with van der Waals surface area (Å²) in [5.74, 6) is 0. The van der Waals surface area contributed by atoms with E-state index >= 15 is 0 Å². The van der Waals surface area contributed by atoms with E-state index in [1.54, 1.807) is 12.5 Å². The Morgan fingerprint density at radius 2 is 2.42 bits per heavy atom. The zero-order chi connectivity index (χ0) is 8.39. The maximum atomic E-state index is 5.22. The van der Waals surface area contributed by atoms with Crippen LogP contribution in [0.4, 0.5) is 0 Å². The highest BCUT2D eigenvalue weighted by molar-refractivity contribution is 5.68. The first-order valence-electron chi connectivity index (χ1n) is 3.68. The Morgan fingerprint density at radius 1 is 1.50 bits per heavy atom. The molecule has 12 heavy (non-hydrogen) atoms. The first-order chi connectivity index (χ1) is 5.92. The summed E-state index contributed by atoms with van der Waals surface area (Å²) in [6, 6.07) is 0. The van der Waals surface area contributed by atoms with Gasteiger partial charge in [-0.25, -0.2) is 15.0 Å². The molecule has 0 aliphatic carbocycles. The van der Waals surface area contributed by atoms with Gasteiger partial charge in [0.15, 0.2) is 5.65 Å². The molecule has 0 aliphatic heterocycles. The molecule has 0 fully saturated rings. The van der Waals surface area contributed by atoms with Gasteiger partial charge in [0.05, 0.1) is 6.20 Å². The molecule has 0 atom stereocenters. The molecule has 0 saturated carbocycles. The summed E-state index contributed by atoms with van der Waals surface area (Å²) < 4.78 is 1.54. The van der Waals surface area contributed by atoms with Crippen LogP contribution < -0.4 is 4.84 Å². The Bertz CT molecular complexity index is 384. The van der Waals surface area contributed by atoms with Crippen molar-refractivity contribution >= 4 is 11.2 Å². The highest BCUT2D eigenvalue weighted by atomic mass is 16.7. The topological polar surface area (TPSA) is 52.8 Å². The number of fused-ring (bicyclic) bond motifs is 1. The first kappa shape index (κ1) is 7.02. The van der Waals surface area contributed by atoms with E-state index in [9.17, 15) is 0 Å². The van der Waals surface area contributed by atoms with Gasteiger partial charge < -0.3 is 4.84 Å². The Hall–Kier alpha value is -1.65. The number of imidazole rings is 1. The van der Waals surface area contributed by atoms with Crippen LogP contribution in [0.3, 0.4) is 0 Å². The van der Waals surface area contributed by atoms with Crippen LogP contribution in [0.15, 0.2) is 18.9 Å². The average molecular weight is 164 g/mol. The van der Waals surface area contributed by atoms with Gasteiger partial charge in [0.2, 0.25) is 0 Å². The number of rotatable bonds is 2. The fourth-order valence-corrected chi connectivity index (χ4v) is 0.980. The number of hydrogen-bond donors (Lipinski definition) is 0. The molecule has 62 valence electrons. The van der Waals surface area contributed by atoms with Gasteiger partial charge in [-0.3, -0.25) is 0 Å². The molecular formula is C7H8N4O. The van der Waals surface area contributed by atoms with Gasteiger partial charge in [0.25, 0.3) is 0 Å². The number of hydrogen-bond acceptors (Lipinski definition) is 4. The lowest BCUT2D eigenvalue weighted by Gasteiger charge is -2.01. The van der Waals surface area contributed by atoms with Crippen LogP contribution in [0.25, 0.3) is 11.2 Å². The van der Waals surface area contributed by atoms with Crippen molar-refractivity contribution in [2.24, 2.45) is 0 Å². The third-order valence-electron chi connectivity index (χ3n) is 1.45. The summed E-state index contributed by atoms with van der Waals surface area (Å²) >= 11 is 0. The largest absolute Gasteiger partial charge is 0.411 e. The molecule has 0 saturated heterocycles. The van der Waals surface area contributed by atoms with Crippen molar-refractivity contribution in [1.82, 2.24) is 19.7 Å². The van der Waals surface area contributed by atoms with Gasteiger partial charge in [-0.15, -0.1) is 0 Å². The highest BCUT2D eigenvalue weighted by Crippen LogP contribution is 2.04. The molecule has 0 radical (unpaired) electrons. The van der Waals surface area contributed by atoms with Crippen molar-refractivity contribution in [2.45, 2.75) is 6.92 Å². The van der Waals surface area contributed by atoms with E-state index in [4.69, 9.17) is 4.84 Å². The van der Waals surface area contributed by atoms with Gasteiger partial charge in [0.1, 0.15) is 24.8 Å². The molecule has 0 spiro atoms. The van der Waals surface area contributed by atoms with Crippen LogP contribution in [0, 0.1) is 0 Å². The minimum Gasteiger partial charge on any atom is -0.411 e. The standard InChI is InChI=1S/C7H8N4O/c1-2-12-11-5-10-6-3-8-4-9-7(6)11/h3-5H,2H2,1H3. The van der Waals surface area contributed by atoms with E-state index in [-0.39, 0.29) is 0 Å². The summed E-state index contributed by atoms with van der Waals surface area (Å²) in [4.78, 5) is 17.1. The molecule has 5 heteroatoms. The van der Waals surface area contributed by atoms with Crippen molar-refractivity contribution in [2.75, 3.05) is 6.61 Å². The minimum absolute atomic E-state index is 0.593. The van der Waals surface area contributed by atoms with Crippen molar-refractivity contribution in [3.8, 4) is 0 Å². The Labute approximate surface area is 69.0 Å². The van der Waals surface area contributed by atoms with Gasteiger partial charge in [-0.05, 0) is 6.92 Å². The zero-order valence-corrected chi connectivity index (χ0v) is 6.64. The van der Waals surface area contributed by atoms with Gasteiger partial charge in [-0.2, -0.15) is 4.73 Å². The van der Waals surface area contributed by atoms with E-state index in [0.29, 0.717) is 12.3 Å².